The van der Waals surface area contributed by atoms with Gasteiger partial charge in [0.2, 0.25) is 0 Å². The molecule has 0 saturated carbocycles. The van der Waals surface area contributed by atoms with Crippen molar-refractivity contribution in [1.29, 1.82) is 0 Å². The summed E-state index contributed by atoms with van der Waals surface area (Å²) in [6, 6.07) is 8.60. The first-order valence-corrected chi connectivity index (χ1v) is 8.30. The van der Waals surface area contributed by atoms with Crippen molar-refractivity contribution in [3.63, 3.8) is 0 Å². The largest absolute Gasteiger partial charge is 0.345 e. The smallest absolute Gasteiger partial charge is 0.324 e. The lowest BCUT2D eigenvalue weighted by Gasteiger charge is -1.98. The van der Waals surface area contributed by atoms with E-state index >= 15 is 0 Å². The van der Waals surface area contributed by atoms with Crippen LogP contribution in [0.1, 0.15) is 16.2 Å². The highest BCUT2D eigenvalue weighted by Crippen LogP contribution is 2.23. The summed E-state index contributed by atoms with van der Waals surface area (Å²) in [6.45, 7) is 0.0555. The van der Waals surface area contributed by atoms with E-state index in [4.69, 9.17) is 4.52 Å². The van der Waals surface area contributed by atoms with E-state index in [9.17, 15) is 14.9 Å². The van der Waals surface area contributed by atoms with Crippen LogP contribution < -0.4 is 5.32 Å². The molecular formula is C14H9BrN4O4S. The van der Waals surface area contributed by atoms with Gasteiger partial charge in [0, 0.05) is 21.5 Å². The number of hydrogen-bond acceptors (Lipinski definition) is 7. The third kappa shape index (κ3) is 3.66. The van der Waals surface area contributed by atoms with E-state index in [0.717, 1.165) is 21.4 Å². The molecule has 3 aromatic rings. The van der Waals surface area contributed by atoms with Gasteiger partial charge in [-0.3, -0.25) is 14.9 Å². The lowest BCUT2D eigenvalue weighted by molar-refractivity contribution is -0.380. The summed E-state index contributed by atoms with van der Waals surface area (Å²) < 4.78 is 6.04. The normalized spacial score (nSPS) is 10.5. The Balaban J connectivity index is 1.64. The van der Waals surface area contributed by atoms with Crippen molar-refractivity contribution in [2.45, 2.75) is 6.54 Å². The van der Waals surface area contributed by atoms with Gasteiger partial charge in [-0.1, -0.05) is 38.5 Å². The molecule has 1 aromatic carbocycles. The molecule has 8 nitrogen and oxygen atoms in total. The monoisotopic (exact) mass is 408 g/mol. The van der Waals surface area contributed by atoms with Crippen molar-refractivity contribution in [2.75, 3.05) is 0 Å². The molecule has 0 radical (unpaired) electrons. The summed E-state index contributed by atoms with van der Waals surface area (Å²) in [5, 5.41) is 18.4. The molecule has 10 heteroatoms. The van der Waals surface area contributed by atoms with Crippen LogP contribution >= 0.6 is 27.3 Å². The number of hydrogen-bond donors (Lipinski definition) is 1. The number of thiophene rings is 1. The SMILES string of the molecule is O=C(NCc1noc(-c2cccc(Br)c2)n1)c1csc([N+](=O)[O-])c1. The highest BCUT2D eigenvalue weighted by Gasteiger charge is 2.16. The van der Waals surface area contributed by atoms with Gasteiger partial charge in [-0.2, -0.15) is 4.98 Å². The molecular weight excluding hydrogens is 400 g/mol. The Labute approximate surface area is 147 Å². The van der Waals surface area contributed by atoms with Gasteiger partial charge in [0.15, 0.2) is 5.82 Å². The summed E-state index contributed by atoms with van der Waals surface area (Å²) in [7, 11) is 0. The maximum Gasteiger partial charge on any atom is 0.324 e. The average molecular weight is 409 g/mol. The first-order valence-electron chi connectivity index (χ1n) is 6.62. The van der Waals surface area contributed by atoms with E-state index in [2.05, 4.69) is 31.4 Å². The maximum absolute atomic E-state index is 12.0. The second-order valence-corrected chi connectivity index (χ2v) is 6.44. The molecule has 0 spiro atoms. The summed E-state index contributed by atoms with van der Waals surface area (Å²) in [5.41, 5.74) is 0.977. The number of benzene rings is 1. The fourth-order valence-electron chi connectivity index (χ4n) is 1.87. The number of aromatic nitrogens is 2. The van der Waals surface area contributed by atoms with Crippen molar-refractivity contribution in [3.05, 3.63) is 61.7 Å². The van der Waals surface area contributed by atoms with Gasteiger partial charge in [-0.15, -0.1) is 0 Å². The van der Waals surface area contributed by atoms with Crippen LogP contribution in [0.3, 0.4) is 0 Å². The molecule has 122 valence electrons. The summed E-state index contributed by atoms with van der Waals surface area (Å²) in [4.78, 5) is 26.2. The van der Waals surface area contributed by atoms with E-state index in [1.807, 2.05) is 24.3 Å². The van der Waals surface area contributed by atoms with Gasteiger partial charge in [0.25, 0.3) is 11.8 Å². The van der Waals surface area contributed by atoms with Gasteiger partial charge in [-0.05, 0) is 18.2 Å². The first kappa shape index (κ1) is 16.3. The molecule has 2 heterocycles. The van der Waals surface area contributed by atoms with Crippen molar-refractivity contribution >= 4 is 38.2 Å². The third-order valence-corrected chi connectivity index (χ3v) is 4.35. The van der Waals surface area contributed by atoms with Crippen LogP contribution in [-0.2, 0) is 6.54 Å². The number of nitro groups is 1. The van der Waals surface area contributed by atoms with Crippen LogP contribution in [0, 0.1) is 10.1 Å². The van der Waals surface area contributed by atoms with Gasteiger partial charge >= 0.3 is 5.00 Å². The minimum Gasteiger partial charge on any atom is -0.345 e. The van der Waals surface area contributed by atoms with Crippen molar-refractivity contribution in [1.82, 2.24) is 15.5 Å². The van der Waals surface area contributed by atoms with E-state index in [1.165, 1.54) is 11.4 Å². The standard InChI is InChI=1S/C14H9BrN4O4S/c15-10-3-1-2-8(4-10)14-17-11(18-23-14)6-16-13(20)9-5-12(19(21)22)24-7-9/h1-5,7H,6H2,(H,16,20). The predicted molar refractivity (Wildman–Crippen MR) is 89.6 cm³/mol. The Morgan fingerprint density at radius 3 is 2.96 bits per heavy atom. The van der Waals surface area contributed by atoms with E-state index < -0.39 is 10.8 Å². The van der Waals surface area contributed by atoms with Crippen LogP contribution in [-0.4, -0.2) is 21.0 Å². The highest BCUT2D eigenvalue weighted by molar-refractivity contribution is 9.10. The molecule has 0 aliphatic carbocycles. The van der Waals surface area contributed by atoms with Crippen molar-refractivity contribution in [3.8, 4) is 11.5 Å². The van der Waals surface area contributed by atoms with Gasteiger partial charge in [0.05, 0.1) is 17.0 Å². The Morgan fingerprint density at radius 2 is 2.25 bits per heavy atom. The second-order valence-electron chi connectivity index (χ2n) is 4.64. The molecule has 0 aliphatic heterocycles. The molecule has 2 aromatic heterocycles. The zero-order valence-electron chi connectivity index (χ0n) is 11.9. The molecule has 0 atom stereocenters. The first-order chi connectivity index (χ1) is 11.5. The second kappa shape index (κ2) is 6.89. The number of nitrogens with zero attached hydrogens (tertiary/aromatic N) is 3. The molecule has 0 unspecified atom stereocenters. The van der Waals surface area contributed by atoms with Crippen molar-refractivity contribution < 1.29 is 14.2 Å². The lowest BCUT2D eigenvalue weighted by atomic mass is 10.2. The highest BCUT2D eigenvalue weighted by atomic mass is 79.9. The maximum atomic E-state index is 12.0. The van der Waals surface area contributed by atoms with Crippen LogP contribution in [0.4, 0.5) is 5.00 Å². The summed E-state index contributed by atoms with van der Waals surface area (Å²) in [6.07, 6.45) is 0. The number of amides is 1. The van der Waals surface area contributed by atoms with Crippen LogP contribution in [0.5, 0.6) is 0 Å². The Hall–Kier alpha value is -2.59. The predicted octanol–water partition coefficient (Wildman–Crippen LogP) is 3.40. The molecule has 1 N–H and O–H groups in total. The van der Waals surface area contributed by atoms with E-state index in [1.54, 1.807) is 0 Å². The molecule has 1 amide bonds. The van der Waals surface area contributed by atoms with Crippen molar-refractivity contribution in [2.24, 2.45) is 0 Å². The van der Waals surface area contributed by atoms with Crippen LogP contribution in [0.2, 0.25) is 0 Å². The zero-order chi connectivity index (χ0) is 17.1. The Bertz CT molecular complexity index is 908. The number of rotatable bonds is 5. The minimum atomic E-state index is -0.537. The van der Waals surface area contributed by atoms with Gasteiger partial charge in [0.1, 0.15) is 0 Å². The number of carbonyl (C=O) groups excluding carboxylic acids is 1. The molecule has 0 fully saturated rings. The van der Waals surface area contributed by atoms with E-state index in [-0.39, 0.29) is 17.1 Å². The fourth-order valence-corrected chi connectivity index (χ4v) is 2.97. The third-order valence-electron chi connectivity index (χ3n) is 2.97. The van der Waals surface area contributed by atoms with E-state index in [0.29, 0.717) is 11.7 Å². The van der Waals surface area contributed by atoms with Gasteiger partial charge < -0.3 is 9.84 Å². The molecule has 0 saturated heterocycles. The summed E-state index contributed by atoms with van der Waals surface area (Å²) >= 11 is 4.26. The quantitative estimate of drug-likeness (QED) is 0.511. The topological polar surface area (TPSA) is 111 Å². The van der Waals surface area contributed by atoms with Crippen LogP contribution in [0.25, 0.3) is 11.5 Å². The number of halogens is 1. The Kier molecular flexibility index (Phi) is 4.67. The number of nitrogens with one attached hydrogen (secondary N) is 1. The molecule has 3 rings (SSSR count). The van der Waals surface area contributed by atoms with Crippen LogP contribution in [0.15, 0.2) is 44.7 Å². The zero-order valence-corrected chi connectivity index (χ0v) is 14.3. The summed E-state index contributed by atoms with van der Waals surface area (Å²) in [5.74, 6) is 0.211. The molecule has 0 aliphatic rings. The van der Waals surface area contributed by atoms with Gasteiger partial charge in [-0.25, -0.2) is 0 Å². The number of carbonyl (C=O) groups is 1. The fraction of sp³-hybridized carbons (Fsp3) is 0.0714. The molecule has 0 bridgehead atoms. The Morgan fingerprint density at radius 1 is 1.42 bits per heavy atom. The molecule has 24 heavy (non-hydrogen) atoms. The lowest BCUT2D eigenvalue weighted by Crippen LogP contribution is -2.22. The average Bonchev–Trinajstić information content (AvgIpc) is 3.22. The minimum absolute atomic E-state index is 0.0555.